The Morgan fingerprint density at radius 1 is 1.24 bits per heavy atom. The molecule has 1 aliphatic heterocycles. The van der Waals surface area contributed by atoms with Crippen molar-refractivity contribution in [2.75, 3.05) is 6.61 Å². The highest BCUT2D eigenvalue weighted by Gasteiger charge is 2.43. The Bertz CT molecular complexity index is 436. The minimum atomic E-state index is -0.237. The molecule has 1 aromatic rings. The van der Waals surface area contributed by atoms with Crippen molar-refractivity contribution in [3.63, 3.8) is 0 Å². The molecule has 1 aromatic carbocycles. The lowest BCUT2D eigenvalue weighted by atomic mass is 9.75. The van der Waals surface area contributed by atoms with E-state index in [4.69, 9.17) is 4.74 Å². The predicted octanol–water partition coefficient (Wildman–Crippen LogP) is 4.28. The molecule has 1 saturated heterocycles. The molecule has 0 amide bonds. The van der Waals surface area contributed by atoms with Crippen LogP contribution < -0.4 is 0 Å². The first kappa shape index (κ1) is 15.1. The monoisotopic (exact) mass is 288 g/mol. The summed E-state index contributed by atoms with van der Waals surface area (Å²) >= 11 is 0. The van der Waals surface area contributed by atoms with Crippen LogP contribution in [0, 0.1) is 5.92 Å². The summed E-state index contributed by atoms with van der Waals surface area (Å²) in [5, 5.41) is 11.0. The van der Waals surface area contributed by atoms with Gasteiger partial charge in [-0.1, -0.05) is 50.1 Å². The van der Waals surface area contributed by atoms with Crippen molar-refractivity contribution in [3.8, 4) is 0 Å². The summed E-state index contributed by atoms with van der Waals surface area (Å²) in [6, 6.07) is 10.5. The largest absolute Gasteiger partial charge is 0.392 e. The average Bonchev–Trinajstić information content (AvgIpc) is 2.97. The van der Waals surface area contributed by atoms with Gasteiger partial charge in [0.05, 0.1) is 11.7 Å². The van der Waals surface area contributed by atoms with Crippen molar-refractivity contribution >= 4 is 0 Å². The lowest BCUT2D eigenvalue weighted by Crippen LogP contribution is -2.42. The third-order valence-electron chi connectivity index (χ3n) is 5.61. The van der Waals surface area contributed by atoms with Gasteiger partial charge < -0.3 is 9.84 Å². The van der Waals surface area contributed by atoms with Gasteiger partial charge >= 0.3 is 0 Å². The first-order chi connectivity index (χ1) is 10.2. The third kappa shape index (κ3) is 3.17. The minimum absolute atomic E-state index is 0.0961. The molecular formula is C19H28O2. The van der Waals surface area contributed by atoms with Crippen LogP contribution in [0.1, 0.15) is 63.4 Å². The zero-order valence-corrected chi connectivity index (χ0v) is 13.1. The molecule has 3 unspecified atom stereocenters. The van der Waals surface area contributed by atoms with Gasteiger partial charge in [0.15, 0.2) is 0 Å². The van der Waals surface area contributed by atoms with Crippen LogP contribution in [-0.4, -0.2) is 23.4 Å². The number of rotatable bonds is 4. The van der Waals surface area contributed by atoms with E-state index in [0.29, 0.717) is 5.92 Å². The second-order valence-electron chi connectivity index (χ2n) is 6.91. The Hall–Kier alpha value is -0.860. The number of hydrogen-bond acceptors (Lipinski definition) is 2. The first-order valence-corrected chi connectivity index (χ1v) is 8.61. The number of benzene rings is 1. The smallest absolute Gasteiger partial charge is 0.0686 e. The van der Waals surface area contributed by atoms with Crippen molar-refractivity contribution < 1.29 is 9.84 Å². The van der Waals surface area contributed by atoms with E-state index in [1.807, 2.05) is 6.07 Å². The van der Waals surface area contributed by atoms with Gasteiger partial charge in [-0.2, -0.15) is 0 Å². The molecule has 3 rings (SSSR count). The molecule has 1 heterocycles. The highest BCUT2D eigenvalue weighted by molar-refractivity contribution is 5.21. The van der Waals surface area contributed by atoms with E-state index >= 15 is 0 Å². The highest BCUT2D eigenvalue weighted by Crippen LogP contribution is 2.44. The maximum absolute atomic E-state index is 11.0. The fourth-order valence-corrected chi connectivity index (χ4v) is 4.43. The second-order valence-corrected chi connectivity index (χ2v) is 6.91. The van der Waals surface area contributed by atoms with E-state index in [-0.39, 0.29) is 17.6 Å². The molecule has 0 radical (unpaired) electrons. The van der Waals surface area contributed by atoms with Crippen molar-refractivity contribution in [3.05, 3.63) is 35.9 Å². The molecule has 116 valence electrons. The summed E-state index contributed by atoms with van der Waals surface area (Å²) in [5.74, 6) is 0.648. The fraction of sp³-hybridized carbons (Fsp3) is 0.684. The number of aliphatic hydroxyl groups is 1. The Balaban J connectivity index is 1.72. The van der Waals surface area contributed by atoms with Gasteiger partial charge in [0, 0.05) is 12.5 Å². The van der Waals surface area contributed by atoms with Crippen molar-refractivity contribution in [2.24, 2.45) is 5.92 Å². The van der Waals surface area contributed by atoms with Crippen molar-refractivity contribution in [2.45, 2.75) is 69.5 Å². The normalized spacial score (nSPS) is 27.6. The van der Waals surface area contributed by atoms with Gasteiger partial charge in [-0.15, -0.1) is 0 Å². The molecular weight excluding hydrogens is 260 g/mol. The van der Waals surface area contributed by atoms with Gasteiger partial charge in [-0.05, 0) is 43.6 Å². The van der Waals surface area contributed by atoms with Crippen LogP contribution in [0.4, 0.5) is 0 Å². The molecule has 1 N–H and O–H groups in total. The van der Waals surface area contributed by atoms with Crippen molar-refractivity contribution in [1.82, 2.24) is 0 Å². The molecule has 0 bridgehead atoms. The van der Waals surface area contributed by atoms with Crippen LogP contribution in [0.25, 0.3) is 0 Å². The molecule has 2 heteroatoms. The van der Waals surface area contributed by atoms with Gasteiger partial charge in [0.2, 0.25) is 0 Å². The zero-order valence-electron chi connectivity index (χ0n) is 13.1. The lowest BCUT2D eigenvalue weighted by molar-refractivity contribution is -0.115. The molecule has 2 fully saturated rings. The quantitative estimate of drug-likeness (QED) is 0.896. The maximum Gasteiger partial charge on any atom is 0.0686 e. The molecule has 2 aliphatic rings. The minimum Gasteiger partial charge on any atom is -0.392 e. The van der Waals surface area contributed by atoms with E-state index < -0.39 is 0 Å². The van der Waals surface area contributed by atoms with Crippen LogP contribution in [-0.2, 0) is 4.74 Å². The molecule has 2 nitrogen and oxygen atoms in total. The molecule has 21 heavy (non-hydrogen) atoms. The van der Waals surface area contributed by atoms with Gasteiger partial charge in [-0.25, -0.2) is 0 Å². The Morgan fingerprint density at radius 2 is 1.95 bits per heavy atom. The Kier molecular flexibility index (Phi) is 4.66. The van der Waals surface area contributed by atoms with Crippen LogP contribution in [0.3, 0.4) is 0 Å². The van der Waals surface area contributed by atoms with Gasteiger partial charge in [0.25, 0.3) is 0 Å². The van der Waals surface area contributed by atoms with Crippen LogP contribution >= 0.6 is 0 Å². The van der Waals surface area contributed by atoms with E-state index in [0.717, 1.165) is 25.9 Å². The van der Waals surface area contributed by atoms with E-state index in [1.165, 1.54) is 31.2 Å². The predicted molar refractivity (Wildman–Crippen MR) is 85.4 cm³/mol. The Labute approximate surface area is 128 Å². The average molecular weight is 288 g/mol. The summed E-state index contributed by atoms with van der Waals surface area (Å²) in [6.45, 7) is 3.01. The maximum atomic E-state index is 11.0. The topological polar surface area (TPSA) is 29.5 Å². The Morgan fingerprint density at radius 3 is 2.62 bits per heavy atom. The summed E-state index contributed by atoms with van der Waals surface area (Å²) in [5.41, 5.74) is 1.37. The summed E-state index contributed by atoms with van der Waals surface area (Å²) in [6.07, 6.45) is 7.78. The molecule has 1 spiro atoms. The van der Waals surface area contributed by atoms with Gasteiger partial charge in [0.1, 0.15) is 0 Å². The van der Waals surface area contributed by atoms with E-state index in [9.17, 15) is 5.11 Å². The fourth-order valence-electron chi connectivity index (χ4n) is 4.43. The van der Waals surface area contributed by atoms with Crippen LogP contribution in [0.15, 0.2) is 30.3 Å². The van der Waals surface area contributed by atoms with Crippen LogP contribution in [0.5, 0.6) is 0 Å². The third-order valence-corrected chi connectivity index (χ3v) is 5.61. The zero-order chi connectivity index (χ0) is 14.7. The SMILES string of the molecule is CCC(c1ccccc1)C(O)C1CCOC2(CCCC2)C1. The summed E-state index contributed by atoms with van der Waals surface area (Å²) in [4.78, 5) is 0. The number of ether oxygens (including phenoxy) is 1. The molecule has 1 saturated carbocycles. The number of hydrogen-bond donors (Lipinski definition) is 1. The van der Waals surface area contributed by atoms with E-state index in [1.54, 1.807) is 0 Å². The summed E-state index contributed by atoms with van der Waals surface area (Å²) < 4.78 is 6.11. The first-order valence-electron chi connectivity index (χ1n) is 8.61. The van der Waals surface area contributed by atoms with Gasteiger partial charge in [-0.3, -0.25) is 0 Å². The van der Waals surface area contributed by atoms with Crippen molar-refractivity contribution in [1.29, 1.82) is 0 Å². The van der Waals surface area contributed by atoms with Crippen LogP contribution in [0.2, 0.25) is 0 Å². The second kappa shape index (κ2) is 6.50. The number of aliphatic hydroxyl groups excluding tert-OH is 1. The molecule has 0 aromatic heterocycles. The lowest BCUT2D eigenvalue weighted by Gasteiger charge is -2.41. The summed E-state index contributed by atoms with van der Waals surface area (Å²) in [7, 11) is 0. The van der Waals surface area contributed by atoms with E-state index in [2.05, 4.69) is 31.2 Å². The standard InChI is InChI=1S/C19H28O2/c1-2-17(15-8-4-3-5-9-15)18(20)16-10-13-21-19(14-16)11-6-7-12-19/h3-5,8-9,16-18,20H,2,6-7,10-14H2,1H3. The molecule has 1 aliphatic carbocycles. The molecule has 3 atom stereocenters. The highest BCUT2D eigenvalue weighted by atomic mass is 16.5.